The van der Waals surface area contributed by atoms with Gasteiger partial charge >= 0.3 is 5.91 Å². The normalized spacial score (nSPS) is 10.6. The first-order valence-electron chi connectivity index (χ1n) is 10.3. The molecule has 10 nitrogen and oxygen atoms in total. The van der Waals surface area contributed by atoms with Gasteiger partial charge in [0.05, 0.1) is 24.8 Å². The number of carbonyl (C=O) groups is 2. The van der Waals surface area contributed by atoms with E-state index in [0.717, 1.165) is 11.8 Å². The number of hydrogen-bond donors (Lipinski definition) is 2. The number of halogens is 1. The van der Waals surface area contributed by atoms with Gasteiger partial charge in [-0.05, 0) is 48.5 Å². The van der Waals surface area contributed by atoms with Gasteiger partial charge in [0.1, 0.15) is 23.9 Å². The lowest BCUT2D eigenvalue weighted by atomic mass is 10.3. The average Bonchev–Trinajstić information content (AvgIpc) is 3.56. The molecule has 2 amide bonds. The van der Waals surface area contributed by atoms with Gasteiger partial charge in [-0.2, -0.15) is 0 Å². The van der Waals surface area contributed by atoms with Gasteiger partial charge < -0.3 is 13.9 Å². The van der Waals surface area contributed by atoms with Crippen LogP contribution in [-0.2, 0) is 11.4 Å². The van der Waals surface area contributed by atoms with Crippen molar-refractivity contribution < 1.29 is 27.9 Å². The van der Waals surface area contributed by atoms with Crippen LogP contribution >= 0.6 is 11.8 Å². The highest BCUT2D eigenvalue weighted by molar-refractivity contribution is 7.99. The second kappa shape index (κ2) is 11.2. The predicted octanol–water partition coefficient (Wildman–Crippen LogP) is 3.14. The third-order valence-electron chi connectivity index (χ3n) is 4.61. The molecule has 2 aromatic carbocycles. The molecule has 2 aromatic heterocycles. The van der Waals surface area contributed by atoms with Gasteiger partial charge in [0.25, 0.3) is 0 Å². The fourth-order valence-corrected chi connectivity index (χ4v) is 3.71. The van der Waals surface area contributed by atoms with E-state index >= 15 is 0 Å². The predicted molar refractivity (Wildman–Crippen MR) is 124 cm³/mol. The standard InChI is InChI=1S/C23H20FN5O5S/c1-32-15-8-10-16(11-9-15)34-13-20-25-28-23(29(20)18-6-3-2-5-17(18)24)35-14-21(30)26-27-22(31)19-7-4-12-33-19/h2-12H,13-14H2,1H3,(H,26,30)(H,27,31). The summed E-state index contributed by atoms with van der Waals surface area (Å²) in [6, 6.07) is 16.1. The van der Waals surface area contributed by atoms with Crippen LogP contribution < -0.4 is 20.3 Å². The van der Waals surface area contributed by atoms with Crippen molar-refractivity contribution >= 4 is 23.6 Å². The van der Waals surface area contributed by atoms with Crippen LogP contribution in [0.5, 0.6) is 11.5 Å². The monoisotopic (exact) mass is 497 g/mol. The first-order chi connectivity index (χ1) is 17.0. The molecule has 180 valence electrons. The number of hydrogen-bond acceptors (Lipinski definition) is 8. The topological polar surface area (TPSA) is 121 Å². The molecule has 0 fully saturated rings. The molecule has 0 bridgehead atoms. The number of ether oxygens (including phenoxy) is 2. The maximum Gasteiger partial charge on any atom is 0.305 e. The lowest BCUT2D eigenvalue weighted by Gasteiger charge is -2.12. The highest BCUT2D eigenvalue weighted by Gasteiger charge is 2.19. The summed E-state index contributed by atoms with van der Waals surface area (Å²) in [7, 11) is 1.57. The summed E-state index contributed by atoms with van der Waals surface area (Å²) in [6.07, 6.45) is 1.35. The molecule has 0 atom stereocenters. The minimum atomic E-state index is -0.596. The number of hydrazine groups is 1. The molecule has 0 unspecified atom stereocenters. The fraction of sp³-hybridized carbons (Fsp3) is 0.130. The Morgan fingerprint density at radius 2 is 1.80 bits per heavy atom. The molecule has 12 heteroatoms. The van der Waals surface area contributed by atoms with Crippen molar-refractivity contribution in [2.24, 2.45) is 0 Å². The molecule has 2 heterocycles. The van der Waals surface area contributed by atoms with Crippen molar-refractivity contribution in [1.82, 2.24) is 25.6 Å². The summed E-state index contributed by atoms with van der Waals surface area (Å²) in [6.45, 7) is -0.000373. The van der Waals surface area contributed by atoms with Crippen LogP contribution in [-0.4, -0.2) is 39.4 Å². The molecule has 0 aliphatic carbocycles. The Labute approximate surface area is 203 Å². The molecule has 0 aliphatic heterocycles. The first-order valence-corrected chi connectivity index (χ1v) is 11.2. The van der Waals surface area contributed by atoms with Gasteiger partial charge in [-0.3, -0.25) is 25.0 Å². The maximum absolute atomic E-state index is 14.6. The van der Waals surface area contributed by atoms with Crippen LogP contribution in [0.1, 0.15) is 16.4 Å². The van der Waals surface area contributed by atoms with E-state index in [9.17, 15) is 14.0 Å². The molecule has 0 saturated carbocycles. The zero-order valence-electron chi connectivity index (χ0n) is 18.4. The van der Waals surface area contributed by atoms with Crippen LogP contribution in [0.2, 0.25) is 0 Å². The van der Waals surface area contributed by atoms with Crippen LogP contribution in [0.4, 0.5) is 4.39 Å². The van der Waals surface area contributed by atoms with Crippen LogP contribution in [0.25, 0.3) is 5.69 Å². The Hall–Kier alpha value is -4.32. The number of nitrogens with zero attached hydrogens (tertiary/aromatic N) is 3. The number of benzene rings is 2. The summed E-state index contributed by atoms with van der Waals surface area (Å²) < 4.78 is 32.0. The molecule has 2 N–H and O–H groups in total. The average molecular weight is 498 g/mol. The maximum atomic E-state index is 14.6. The molecule has 0 spiro atoms. The Bertz CT molecular complexity index is 1290. The Morgan fingerprint density at radius 1 is 1.03 bits per heavy atom. The van der Waals surface area contributed by atoms with Gasteiger partial charge in [-0.25, -0.2) is 4.39 Å². The van der Waals surface area contributed by atoms with Crippen molar-refractivity contribution in [3.05, 3.63) is 84.3 Å². The number of thioether (sulfide) groups is 1. The minimum absolute atomic E-state index is 0.000373. The van der Waals surface area contributed by atoms with Gasteiger partial charge in [-0.15, -0.1) is 10.2 Å². The third kappa shape index (κ3) is 5.98. The minimum Gasteiger partial charge on any atom is -0.497 e. The lowest BCUT2D eigenvalue weighted by Crippen LogP contribution is -2.42. The quantitative estimate of drug-likeness (QED) is 0.267. The fourth-order valence-electron chi connectivity index (χ4n) is 2.94. The summed E-state index contributed by atoms with van der Waals surface area (Å²) in [4.78, 5) is 24.1. The van der Waals surface area contributed by atoms with E-state index in [0.29, 0.717) is 17.3 Å². The first kappa shape index (κ1) is 23.8. The van der Waals surface area contributed by atoms with Crippen LogP contribution in [0.3, 0.4) is 0 Å². The molecule has 4 rings (SSSR count). The van der Waals surface area contributed by atoms with E-state index in [-0.39, 0.29) is 29.0 Å². The van der Waals surface area contributed by atoms with Crippen molar-refractivity contribution in [3.8, 4) is 17.2 Å². The zero-order chi connectivity index (χ0) is 24.6. The number of rotatable bonds is 9. The summed E-state index contributed by atoms with van der Waals surface area (Å²) in [5, 5.41) is 8.51. The molecular formula is C23H20FN5O5S. The molecule has 0 saturated heterocycles. The molecule has 4 aromatic rings. The SMILES string of the molecule is COc1ccc(OCc2nnc(SCC(=O)NNC(=O)c3ccco3)n2-c2ccccc2F)cc1. The second-order valence-corrected chi connectivity index (χ2v) is 7.86. The van der Waals surface area contributed by atoms with Gasteiger partial charge in [0.2, 0.25) is 5.91 Å². The highest BCUT2D eigenvalue weighted by Crippen LogP contribution is 2.25. The smallest absolute Gasteiger partial charge is 0.305 e. The van der Waals surface area contributed by atoms with Gasteiger partial charge in [0.15, 0.2) is 16.7 Å². The van der Waals surface area contributed by atoms with Crippen molar-refractivity contribution in [2.75, 3.05) is 12.9 Å². The molecule has 35 heavy (non-hydrogen) atoms. The number of carbonyl (C=O) groups excluding carboxylic acids is 2. The van der Waals surface area contributed by atoms with Crippen LogP contribution in [0, 0.1) is 5.82 Å². The number of amides is 2. The van der Waals surface area contributed by atoms with E-state index in [1.54, 1.807) is 55.6 Å². The Balaban J connectivity index is 1.45. The second-order valence-electron chi connectivity index (χ2n) is 6.92. The van der Waals surface area contributed by atoms with E-state index in [1.165, 1.54) is 23.0 Å². The summed E-state index contributed by atoms with van der Waals surface area (Å²) >= 11 is 1.02. The number of nitrogens with one attached hydrogen (secondary N) is 2. The van der Waals surface area contributed by atoms with Gasteiger partial charge in [0, 0.05) is 0 Å². The Morgan fingerprint density at radius 3 is 2.51 bits per heavy atom. The van der Waals surface area contributed by atoms with E-state index in [2.05, 4.69) is 21.0 Å². The van der Waals surface area contributed by atoms with Gasteiger partial charge in [-0.1, -0.05) is 23.9 Å². The number of methoxy groups -OCH3 is 1. The van der Waals surface area contributed by atoms with Crippen LogP contribution in [0.15, 0.2) is 76.5 Å². The highest BCUT2D eigenvalue weighted by atomic mass is 32.2. The lowest BCUT2D eigenvalue weighted by molar-refractivity contribution is -0.119. The molecular weight excluding hydrogens is 477 g/mol. The zero-order valence-corrected chi connectivity index (χ0v) is 19.3. The number of para-hydroxylation sites is 1. The van der Waals surface area contributed by atoms with E-state index in [4.69, 9.17) is 13.9 Å². The molecule has 0 radical (unpaired) electrons. The van der Waals surface area contributed by atoms with Crippen molar-refractivity contribution in [3.63, 3.8) is 0 Å². The van der Waals surface area contributed by atoms with E-state index < -0.39 is 17.6 Å². The summed E-state index contributed by atoms with van der Waals surface area (Å²) in [5.74, 6) is -0.0767. The van der Waals surface area contributed by atoms with Crippen molar-refractivity contribution in [1.29, 1.82) is 0 Å². The van der Waals surface area contributed by atoms with E-state index in [1.807, 2.05) is 0 Å². The number of furan rings is 1. The Kier molecular flexibility index (Phi) is 7.63. The summed E-state index contributed by atoms with van der Waals surface area (Å²) in [5.41, 5.74) is 4.75. The largest absolute Gasteiger partial charge is 0.497 e. The van der Waals surface area contributed by atoms with Crippen molar-refractivity contribution in [2.45, 2.75) is 11.8 Å². The third-order valence-corrected chi connectivity index (χ3v) is 5.54. The number of aromatic nitrogens is 3. The molecule has 0 aliphatic rings.